The molecule has 1 rings (SSSR count). The second-order valence-electron chi connectivity index (χ2n) is 3.42. The van der Waals surface area contributed by atoms with Gasteiger partial charge in [0.25, 0.3) is 11.8 Å². The molecule has 7 heteroatoms. The number of carbonyl (C=O) groups is 3. The van der Waals surface area contributed by atoms with Gasteiger partial charge < -0.3 is 9.84 Å². The third-order valence-corrected chi connectivity index (χ3v) is 2.14. The quantitative estimate of drug-likeness (QED) is 0.347. The molecule has 0 aliphatic rings. The normalized spacial score (nSPS) is 10.2. The van der Waals surface area contributed by atoms with Crippen LogP contribution in [0.1, 0.15) is 10.4 Å². The van der Waals surface area contributed by atoms with Crippen molar-refractivity contribution in [2.45, 2.75) is 0 Å². The highest BCUT2D eigenvalue weighted by Gasteiger charge is 2.18. The number of hydrogen-bond donors (Lipinski definition) is 2. The number of ether oxygens (including phenoxy) is 1. The van der Waals surface area contributed by atoms with E-state index in [9.17, 15) is 14.4 Å². The molecule has 1 aromatic carbocycles. The van der Waals surface area contributed by atoms with Crippen molar-refractivity contribution in [1.82, 2.24) is 5.01 Å². The summed E-state index contributed by atoms with van der Waals surface area (Å²) in [5, 5.41) is 8.70. The highest BCUT2D eigenvalue weighted by atomic mass is 16.5. The van der Waals surface area contributed by atoms with Crippen LogP contribution in [-0.2, 0) is 9.59 Å². The average Bonchev–Trinajstić information content (AvgIpc) is 2.43. The molecular weight excluding hydrogens is 252 g/mol. The summed E-state index contributed by atoms with van der Waals surface area (Å²) in [6.07, 6.45) is 1.29. The average molecular weight is 264 g/mol. The first kappa shape index (κ1) is 14.4. The smallest absolute Gasteiger partial charge is 0.328 e. The van der Waals surface area contributed by atoms with Crippen molar-refractivity contribution >= 4 is 17.8 Å². The Hall–Kier alpha value is -2.67. The van der Waals surface area contributed by atoms with Crippen LogP contribution < -0.4 is 10.6 Å². The number of imide groups is 1. The molecule has 2 amide bonds. The van der Waals surface area contributed by atoms with Gasteiger partial charge in [-0.05, 0) is 18.2 Å². The maximum absolute atomic E-state index is 11.8. The van der Waals surface area contributed by atoms with Crippen molar-refractivity contribution in [1.29, 1.82) is 0 Å². The van der Waals surface area contributed by atoms with E-state index in [0.29, 0.717) is 22.9 Å². The van der Waals surface area contributed by atoms with Gasteiger partial charge in [-0.25, -0.2) is 15.6 Å². The SMILES string of the molecule is COc1cccc(C(=O)N(N)C(=O)/C=C\C(=O)O)c1. The van der Waals surface area contributed by atoms with Gasteiger partial charge in [0.15, 0.2) is 0 Å². The first-order valence-corrected chi connectivity index (χ1v) is 5.14. The summed E-state index contributed by atoms with van der Waals surface area (Å²) in [6, 6.07) is 6.07. The maximum Gasteiger partial charge on any atom is 0.328 e. The van der Waals surface area contributed by atoms with Crippen LogP contribution in [0.3, 0.4) is 0 Å². The summed E-state index contributed by atoms with van der Waals surface area (Å²) in [6.45, 7) is 0. The number of benzene rings is 1. The van der Waals surface area contributed by atoms with Crippen LogP contribution in [0.15, 0.2) is 36.4 Å². The highest BCUT2D eigenvalue weighted by Crippen LogP contribution is 2.13. The zero-order valence-electron chi connectivity index (χ0n) is 10.1. The van der Waals surface area contributed by atoms with Gasteiger partial charge in [-0.1, -0.05) is 6.07 Å². The Labute approximate surface area is 108 Å². The van der Waals surface area contributed by atoms with Crippen molar-refractivity contribution in [3.63, 3.8) is 0 Å². The summed E-state index contributed by atoms with van der Waals surface area (Å²) in [5.74, 6) is 2.75. The monoisotopic (exact) mass is 264 g/mol. The Morgan fingerprint density at radius 3 is 2.58 bits per heavy atom. The van der Waals surface area contributed by atoms with Gasteiger partial charge in [0.05, 0.1) is 7.11 Å². The molecule has 1 aromatic rings. The van der Waals surface area contributed by atoms with E-state index in [-0.39, 0.29) is 5.56 Å². The number of methoxy groups -OCH3 is 1. The summed E-state index contributed by atoms with van der Waals surface area (Å²) in [4.78, 5) is 33.5. The van der Waals surface area contributed by atoms with Crippen LogP contribution in [0.4, 0.5) is 0 Å². The fourth-order valence-electron chi connectivity index (χ4n) is 1.22. The van der Waals surface area contributed by atoms with Crippen LogP contribution in [0.25, 0.3) is 0 Å². The fourth-order valence-corrected chi connectivity index (χ4v) is 1.22. The number of rotatable bonds is 4. The molecule has 0 unspecified atom stereocenters. The molecule has 0 radical (unpaired) electrons. The molecule has 0 atom stereocenters. The van der Waals surface area contributed by atoms with Crippen molar-refractivity contribution < 1.29 is 24.2 Å². The van der Waals surface area contributed by atoms with Gasteiger partial charge in [0, 0.05) is 17.7 Å². The molecule has 0 saturated heterocycles. The number of nitrogens with two attached hydrogens (primary N) is 1. The van der Waals surface area contributed by atoms with Gasteiger partial charge in [-0.15, -0.1) is 0 Å². The van der Waals surface area contributed by atoms with E-state index in [1.807, 2.05) is 0 Å². The van der Waals surface area contributed by atoms with E-state index < -0.39 is 17.8 Å². The summed E-state index contributed by atoms with van der Waals surface area (Å²) in [5.41, 5.74) is 0.152. The van der Waals surface area contributed by atoms with E-state index in [0.717, 1.165) is 0 Å². The predicted octanol–water partition coefficient (Wildman–Crippen LogP) is 0.178. The molecule has 0 spiro atoms. The fraction of sp³-hybridized carbons (Fsp3) is 0.0833. The van der Waals surface area contributed by atoms with E-state index >= 15 is 0 Å². The van der Waals surface area contributed by atoms with E-state index in [4.69, 9.17) is 15.7 Å². The maximum atomic E-state index is 11.8. The number of carbonyl (C=O) groups excluding carboxylic acids is 2. The minimum Gasteiger partial charge on any atom is -0.497 e. The van der Waals surface area contributed by atoms with Crippen LogP contribution in [0, 0.1) is 0 Å². The van der Waals surface area contributed by atoms with Crippen LogP contribution in [0.2, 0.25) is 0 Å². The third-order valence-electron chi connectivity index (χ3n) is 2.14. The van der Waals surface area contributed by atoms with Crippen molar-refractivity contribution in [2.75, 3.05) is 7.11 Å². The molecule has 0 saturated carbocycles. The summed E-state index contributed by atoms with van der Waals surface area (Å²) >= 11 is 0. The number of carboxylic acid groups (broad SMARTS) is 1. The van der Waals surface area contributed by atoms with E-state index in [1.165, 1.54) is 19.2 Å². The number of carboxylic acids is 1. The molecule has 7 nitrogen and oxygen atoms in total. The lowest BCUT2D eigenvalue weighted by Gasteiger charge is -2.12. The standard InChI is InChI=1S/C12H12N2O5/c1-19-9-4-2-3-8(7-9)12(18)14(13)10(15)5-6-11(16)17/h2-7H,13H2,1H3,(H,16,17)/b6-5-. The number of amides is 2. The molecule has 0 aromatic heterocycles. The van der Waals surface area contributed by atoms with Crippen molar-refractivity contribution in [2.24, 2.45) is 5.84 Å². The van der Waals surface area contributed by atoms with Gasteiger partial charge in [0.1, 0.15) is 5.75 Å². The number of nitrogens with zero attached hydrogens (tertiary/aromatic N) is 1. The first-order valence-electron chi connectivity index (χ1n) is 5.14. The van der Waals surface area contributed by atoms with Gasteiger partial charge in [0.2, 0.25) is 0 Å². The Morgan fingerprint density at radius 1 is 1.32 bits per heavy atom. The Bertz CT molecular complexity index is 539. The van der Waals surface area contributed by atoms with Crippen LogP contribution in [0.5, 0.6) is 5.75 Å². The topological polar surface area (TPSA) is 110 Å². The molecular formula is C12H12N2O5. The Morgan fingerprint density at radius 2 is 2.00 bits per heavy atom. The lowest BCUT2D eigenvalue weighted by molar-refractivity contribution is -0.132. The van der Waals surface area contributed by atoms with Crippen molar-refractivity contribution in [3.05, 3.63) is 42.0 Å². The van der Waals surface area contributed by atoms with E-state index in [1.54, 1.807) is 12.1 Å². The van der Waals surface area contributed by atoms with Gasteiger partial charge in [-0.2, -0.15) is 0 Å². The Balaban J connectivity index is 2.87. The molecule has 0 aliphatic carbocycles. The molecule has 19 heavy (non-hydrogen) atoms. The largest absolute Gasteiger partial charge is 0.497 e. The molecule has 0 heterocycles. The second-order valence-corrected chi connectivity index (χ2v) is 3.42. The van der Waals surface area contributed by atoms with E-state index in [2.05, 4.69) is 0 Å². The third kappa shape index (κ3) is 3.93. The first-order chi connectivity index (χ1) is 8.95. The molecule has 100 valence electrons. The van der Waals surface area contributed by atoms with Gasteiger partial charge >= 0.3 is 5.97 Å². The lowest BCUT2D eigenvalue weighted by Crippen LogP contribution is -2.41. The predicted molar refractivity (Wildman–Crippen MR) is 65.1 cm³/mol. The lowest BCUT2D eigenvalue weighted by atomic mass is 10.2. The number of hydrazine groups is 1. The number of hydrogen-bond acceptors (Lipinski definition) is 5. The van der Waals surface area contributed by atoms with Crippen LogP contribution >= 0.6 is 0 Å². The molecule has 0 fully saturated rings. The Kier molecular flexibility index (Phi) is 4.78. The number of aliphatic carboxylic acids is 1. The molecule has 0 bridgehead atoms. The zero-order valence-corrected chi connectivity index (χ0v) is 10.1. The van der Waals surface area contributed by atoms with Gasteiger partial charge in [-0.3, -0.25) is 9.59 Å². The summed E-state index contributed by atoms with van der Waals surface area (Å²) in [7, 11) is 1.44. The summed E-state index contributed by atoms with van der Waals surface area (Å²) < 4.78 is 4.94. The highest BCUT2D eigenvalue weighted by molar-refractivity contribution is 6.08. The molecule has 3 N–H and O–H groups in total. The minimum absolute atomic E-state index is 0.152. The van der Waals surface area contributed by atoms with Crippen molar-refractivity contribution in [3.8, 4) is 5.75 Å². The zero-order chi connectivity index (χ0) is 14.4. The second kappa shape index (κ2) is 6.31. The minimum atomic E-state index is -1.31. The van der Waals surface area contributed by atoms with Crippen LogP contribution in [-0.4, -0.2) is 35.0 Å². The molecule has 0 aliphatic heterocycles.